The molecule has 35 heavy (non-hydrogen) atoms. The first-order valence-corrected chi connectivity index (χ1v) is 16.9. The fourth-order valence-corrected chi connectivity index (χ4v) is 5.40. The van der Waals surface area contributed by atoms with E-state index in [0.717, 1.165) is 12.3 Å². The van der Waals surface area contributed by atoms with E-state index in [9.17, 15) is 0 Å². The highest BCUT2D eigenvalue weighted by atomic mass is 16.2. The Balaban J connectivity index is 3.02. The van der Waals surface area contributed by atoms with Gasteiger partial charge in [0.15, 0.2) is 0 Å². The molecule has 212 valence electrons. The van der Waals surface area contributed by atoms with Crippen molar-refractivity contribution in [3.8, 4) is 0 Å². The van der Waals surface area contributed by atoms with Crippen molar-refractivity contribution in [3.05, 3.63) is 0 Å². The number of hydrogen-bond donors (Lipinski definition) is 1. The third-order valence-corrected chi connectivity index (χ3v) is 8.30. The summed E-state index contributed by atoms with van der Waals surface area (Å²) >= 11 is 0. The van der Waals surface area contributed by atoms with Gasteiger partial charge in [0.05, 0.1) is 0 Å². The summed E-state index contributed by atoms with van der Waals surface area (Å²) in [6.07, 6.45) is 43.0. The van der Waals surface area contributed by atoms with Crippen LogP contribution in [0.4, 0.5) is 0 Å². The molecule has 0 aliphatic heterocycles. The first kappa shape index (κ1) is 35.0. The van der Waals surface area contributed by atoms with E-state index in [1.165, 1.54) is 186 Å². The number of hydrogen-bond acceptors (Lipinski definition) is 1. The Morgan fingerprint density at radius 2 is 0.543 bits per heavy atom. The van der Waals surface area contributed by atoms with Crippen molar-refractivity contribution in [1.29, 1.82) is 0 Å². The lowest BCUT2D eigenvalue weighted by molar-refractivity contribution is 0.282. The standard InChI is InChI=1S/C34H70O/c1-3-34(2)32-30-28-26-24-22-20-18-16-14-12-10-8-6-4-5-7-9-11-13-15-17-19-21-23-25-27-29-31-33-35/h34-35H,3-33H2,1-2H3/t34-/m0/s1. The third kappa shape index (κ3) is 31.9. The van der Waals surface area contributed by atoms with Crippen LogP contribution < -0.4 is 0 Å². The molecular weight excluding hydrogens is 424 g/mol. The molecule has 0 amide bonds. The van der Waals surface area contributed by atoms with Gasteiger partial charge in [-0.1, -0.05) is 200 Å². The molecule has 0 spiro atoms. The van der Waals surface area contributed by atoms with Crippen LogP contribution in [0.2, 0.25) is 0 Å². The van der Waals surface area contributed by atoms with Crippen LogP contribution in [0, 0.1) is 5.92 Å². The van der Waals surface area contributed by atoms with E-state index >= 15 is 0 Å². The predicted octanol–water partition coefficient (Wildman–Crippen LogP) is 12.3. The first-order chi connectivity index (χ1) is 17.3. The lowest BCUT2D eigenvalue weighted by Crippen LogP contribution is -1.91. The number of aliphatic hydroxyl groups is 1. The molecule has 1 atom stereocenters. The van der Waals surface area contributed by atoms with Crippen LogP contribution >= 0.6 is 0 Å². The Bertz CT molecular complexity index is 352. The van der Waals surface area contributed by atoms with Crippen molar-refractivity contribution in [3.63, 3.8) is 0 Å². The molecule has 0 aromatic heterocycles. The van der Waals surface area contributed by atoms with Crippen LogP contribution in [0.25, 0.3) is 0 Å². The predicted molar refractivity (Wildman–Crippen MR) is 160 cm³/mol. The highest BCUT2D eigenvalue weighted by Crippen LogP contribution is 2.17. The van der Waals surface area contributed by atoms with Gasteiger partial charge in [-0.2, -0.15) is 0 Å². The molecular formula is C34H70O. The van der Waals surface area contributed by atoms with Crippen molar-refractivity contribution in [2.24, 2.45) is 5.92 Å². The van der Waals surface area contributed by atoms with Crippen LogP contribution in [0.5, 0.6) is 0 Å². The Labute approximate surface area is 224 Å². The molecule has 0 radical (unpaired) electrons. The second kappa shape index (κ2) is 32.0. The van der Waals surface area contributed by atoms with Gasteiger partial charge in [0.1, 0.15) is 0 Å². The molecule has 1 nitrogen and oxygen atoms in total. The van der Waals surface area contributed by atoms with Crippen molar-refractivity contribution in [2.75, 3.05) is 6.61 Å². The SMILES string of the molecule is CC[C@H](C)CCCCCCCCCCCCCCCCCCCCCCCCCCCCCCO. The second-order valence-electron chi connectivity index (χ2n) is 11.9. The molecule has 0 aromatic carbocycles. The molecule has 0 bridgehead atoms. The van der Waals surface area contributed by atoms with E-state index in [1.54, 1.807) is 0 Å². The maximum atomic E-state index is 8.78. The second-order valence-corrected chi connectivity index (χ2v) is 11.9. The summed E-state index contributed by atoms with van der Waals surface area (Å²) in [7, 11) is 0. The number of aliphatic hydroxyl groups excluding tert-OH is 1. The lowest BCUT2D eigenvalue weighted by Gasteiger charge is -2.07. The topological polar surface area (TPSA) is 20.2 Å². The molecule has 1 heteroatoms. The summed E-state index contributed by atoms with van der Waals surface area (Å²) in [5.41, 5.74) is 0. The van der Waals surface area contributed by atoms with Crippen LogP contribution in [0.3, 0.4) is 0 Å². The summed E-state index contributed by atoms with van der Waals surface area (Å²) in [4.78, 5) is 0. The maximum absolute atomic E-state index is 8.78. The molecule has 1 N–H and O–H groups in total. The van der Waals surface area contributed by atoms with Crippen LogP contribution in [0.15, 0.2) is 0 Å². The summed E-state index contributed by atoms with van der Waals surface area (Å²) < 4.78 is 0. The van der Waals surface area contributed by atoms with Gasteiger partial charge in [-0.15, -0.1) is 0 Å². The van der Waals surface area contributed by atoms with E-state index < -0.39 is 0 Å². The minimum Gasteiger partial charge on any atom is -0.396 e. The molecule has 0 saturated carbocycles. The normalized spacial score (nSPS) is 12.4. The van der Waals surface area contributed by atoms with E-state index in [4.69, 9.17) is 5.11 Å². The van der Waals surface area contributed by atoms with Gasteiger partial charge < -0.3 is 5.11 Å². The van der Waals surface area contributed by atoms with Gasteiger partial charge in [0.25, 0.3) is 0 Å². The fraction of sp³-hybridized carbons (Fsp3) is 1.00. The maximum Gasteiger partial charge on any atom is 0.0431 e. The Kier molecular flexibility index (Phi) is 32.0. The first-order valence-electron chi connectivity index (χ1n) is 16.9. The van der Waals surface area contributed by atoms with Crippen LogP contribution in [-0.4, -0.2) is 11.7 Å². The molecule has 0 rings (SSSR count). The van der Waals surface area contributed by atoms with Crippen LogP contribution in [0.1, 0.15) is 206 Å². The molecule has 0 saturated heterocycles. The van der Waals surface area contributed by atoms with E-state index in [-0.39, 0.29) is 0 Å². The summed E-state index contributed by atoms with van der Waals surface area (Å²) in [5.74, 6) is 0.944. The Morgan fingerprint density at radius 1 is 0.343 bits per heavy atom. The largest absolute Gasteiger partial charge is 0.396 e. The molecule has 0 unspecified atom stereocenters. The van der Waals surface area contributed by atoms with Gasteiger partial charge in [-0.05, 0) is 12.3 Å². The Morgan fingerprint density at radius 3 is 0.743 bits per heavy atom. The van der Waals surface area contributed by atoms with E-state index in [1.807, 2.05) is 0 Å². The minimum absolute atomic E-state index is 0.374. The molecule has 0 heterocycles. The quantitative estimate of drug-likeness (QED) is 0.0950. The van der Waals surface area contributed by atoms with E-state index in [0.29, 0.717) is 6.61 Å². The summed E-state index contributed by atoms with van der Waals surface area (Å²) in [5, 5.41) is 8.78. The van der Waals surface area contributed by atoms with Crippen molar-refractivity contribution >= 4 is 0 Å². The zero-order valence-corrected chi connectivity index (χ0v) is 24.9. The zero-order chi connectivity index (χ0) is 25.5. The number of rotatable bonds is 31. The third-order valence-electron chi connectivity index (χ3n) is 8.30. The monoisotopic (exact) mass is 495 g/mol. The van der Waals surface area contributed by atoms with E-state index in [2.05, 4.69) is 13.8 Å². The van der Waals surface area contributed by atoms with Crippen LogP contribution in [-0.2, 0) is 0 Å². The zero-order valence-electron chi connectivity index (χ0n) is 24.9. The molecule has 0 fully saturated rings. The Hall–Kier alpha value is -0.0400. The highest BCUT2D eigenvalue weighted by Gasteiger charge is 1.99. The molecule has 0 aliphatic rings. The van der Waals surface area contributed by atoms with Crippen molar-refractivity contribution in [1.82, 2.24) is 0 Å². The summed E-state index contributed by atoms with van der Waals surface area (Å²) in [6, 6.07) is 0. The lowest BCUT2D eigenvalue weighted by atomic mass is 9.99. The van der Waals surface area contributed by atoms with Gasteiger partial charge in [0, 0.05) is 6.61 Å². The highest BCUT2D eigenvalue weighted by molar-refractivity contribution is 4.54. The van der Waals surface area contributed by atoms with Gasteiger partial charge >= 0.3 is 0 Å². The van der Waals surface area contributed by atoms with Gasteiger partial charge in [-0.25, -0.2) is 0 Å². The van der Waals surface area contributed by atoms with Gasteiger partial charge in [-0.3, -0.25) is 0 Å². The minimum atomic E-state index is 0.374. The van der Waals surface area contributed by atoms with Crippen molar-refractivity contribution < 1.29 is 5.11 Å². The average Bonchev–Trinajstić information content (AvgIpc) is 2.87. The average molecular weight is 495 g/mol. The smallest absolute Gasteiger partial charge is 0.0431 e. The molecule has 0 aliphatic carbocycles. The molecule has 0 aromatic rings. The summed E-state index contributed by atoms with van der Waals surface area (Å²) in [6.45, 7) is 5.10. The number of unbranched alkanes of at least 4 members (excludes halogenated alkanes) is 27. The van der Waals surface area contributed by atoms with Gasteiger partial charge in [0.2, 0.25) is 0 Å². The fourth-order valence-electron chi connectivity index (χ4n) is 5.40. The van der Waals surface area contributed by atoms with Crippen molar-refractivity contribution in [2.45, 2.75) is 206 Å².